The highest BCUT2D eigenvalue weighted by atomic mass is 16.4. The molecule has 0 aliphatic rings. The number of benzene rings is 1. The number of rotatable bonds is 3. The van der Waals surface area contributed by atoms with Crippen molar-refractivity contribution in [2.24, 2.45) is 0 Å². The first kappa shape index (κ1) is 9.32. The van der Waals surface area contributed by atoms with Gasteiger partial charge in [0.2, 0.25) is 0 Å². The fraction of sp³-hybridized carbons (Fsp3) is 0.100. The summed E-state index contributed by atoms with van der Waals surface area (Å²) in [5.41, 5.74) is 0.958. The lowest BCUT2D eigenvalue weighted by molar-refractivity contribution is -0.131. The lowest BCUT2D eigenvalue weighted by Gasteiger charge is -2.12. The summed E-state index contributed by atoms with van der Waals surface area (Å²) in [5, 5.41) is 8.40. The second-order valence-corrected chi connectivity index (χ2v) is 2.60. The Morgan fingerprint density at radius 2 is 2.00 bits per heavy atom. The first-order chi connectivity index (χ1) is 6.20. The molecule has 0 radical (unpaired) electrons. The topological polar surface area (TPSA) is 40.5 Å². The SMILES string of the molecule is CN(/C=C/C(=O)O)c1ccccc1. The number of hydrogen-bond acceptors (Lipinski definition) is 2. The van der Waals surface area contributed by atoms with Crippen LogP contribution < -0.4 is 4.90 Å². The normalized spacial score (nSPS) is 10.2. The van der Waals surface area contributed by atoms with Crippen LogP contribution in [-0.4, -0.2) is 18.1 Å². The third-order valence-electron chi connectivity index (χ3n) is 1.60. The maximum atomic E-state index is 10.2. The van der Waals surface area contributed by atoms with Gasteiger partial charge in [0.15, 0.2) is 0 Å². The molecule has 0 atom stereocenters. The molecule has 0 aliphatic carbocycles. The Balaban J connectivity index is 2.69. The van der Waals surface area contributed by atoms with Crippen molar-refractivity contribution in [3.05, 3.63) is 42.6 Å². The Labute approximate surface area is 76.9 Å². The van der Waals surface area contributed by atoms with Crippen LogP contribution in [0.2, 0.25) is 0 Å². The molecule has 1 N–H and O–H groups in total. The fourth-order valence-corrected chi connectivity index (χ4v) is 0.925. The van der Waals surface area contributed by atoms with Gasteiger partial charge in [-0.25, -0.2) is 4.79 Å². The van der Waals surface area contributed by atoms with E-state index >= 15 is 0 Å². The lowest BCUT2D eigenvalue weighted by atomic mass is 10.3. The smallest absolute Gasteiger partial charge is 0.329 e. The first-order valence-electron chi connectivity index (χ1n) is 3.89. The molecule has 1 rings (SSSR count). The second-order valence-electron chi connectivity index (χ2n) is 2.60. The molecule has 0 saturated heterocycles. The van der Waals surface area contributed by atoms with Crippen LogP contribution in [0.4, 0.5) is 5.69 Å². The van der Waals surface area contributed by atoms with Crippen LogP contribution in [0.5, 0.6) is 0 Å². The van der Waals surface area contributed by atoms with Crippen molar-refractivity contribution in [1.82, 2.24) is 0 Å². The third kappa shape index (κ3) is 2.99. The van der Waals surface area contributed by atoms with Gasteiger partial charge >= 0.3 is 5.97 Å². The fourth-order valence-electron chi connectivity index (χ4n) is 0.925. The Morgan fingerprint density at radius 3 is 2.54 bits per heavy atom. The maximum absolute atomic E-state index is 10.2. The van der Waals surface area contributed by atoms with Gasteiger partial charge in [-0.1, -0.05) is 18.2 Å². The van der Waals surface area contributed by atoms with Crippen LogP contribution in [0.25, 0.3) is 0 Å². The zero-order valence-corrected chi connectivity index (χ0v) is 7.34. The van der Waals surface area contributed by atoms with E-state index in [0.29, 0.717) is 0 Å². The van der Waals surface area contributed by atoms with Gasteiger partial charge < -0.3 is 10.0 Å². The van der Waals surface area contributed by atoms with E-state index in [9.17, 15) is 4.79 Å². The van der Waals surface area contributed by atoms with Gasteiger partial charge in [-0.3, -0.25) is 0 Å². The van der Waals surface area contributed by atoms with E-state index in [0.717, 1.165) is 11.8 Å². The summed E-state index contributed by atoms with van der Waals surface area (Å²) in [5.74, 6) is -0.942. The van der Waals surface area contributed by atoms with Crippen LogP contribution in [0.15, 0.2) is 42.6 Å². The zero-order valence-electron chi connectivity index (χ0n) is 7.34. The Hall–Kier alpha value is -1.77. The van der Waals surface area contributed by atoms with Gasteiger partial charge in [-0.05, 0) is 12.1 Å². The minimum atomic E-state index is -0.942. The van der Waals surface area contributed by atoms with Crippen LogP contribution in [0, 0.1) is 0 Å². The molecule has 0 unspecified atom stereocenters. The van der Waals surface area contributed by atoms with Gasteiger partial charge in [-0.2, -0.15) is 0 Å². The summed E-state index contributed by atoms with van der Waals surface area (Å²) in [4.78, 5) is 12.0. The molecular weight excluding hydrogens is 166 g/mol. The molecule has 13 heavy (non-hydrogen) atoms. The van der Waals surface area contributed by atoms with Gasteiger partial charge in [0.05, 0.1) is 0 Å². The molecular formula is C10H11NO2. The minimum absolute atomic E-state index is 0.942. The number of anilines is 1. The molecule has 0 saturated carbocycles. The van der Waals surface area contributed by atoms with E-state index < -0.39 is 5.97 Å². The first-order valence-corrected chi connectivity index (χ1v) is 3.89. The number of aliphatic carboxylic acids is 1. The molecule has 0 aliphatic heterocycles. The highest BCUT2D eigenvalue weighted by molar-refractivity contribution is 5.80. The van der Waals surface area contributed by atoms with Crippen molar-refractivity contribution in [3.8, 4) is 0 Å². The standard InChI is InChI=1S/C10H11NO2/c1-11(8-7-10(12)13)9-5-3-2-4-6-9/h2-8H,1H3,(H,12,13)/b8-7+. The van der Waals surface area contributed by atoms with Gasteiger partial charge in [0.25, 0.3) is 0 Å². The average Bonchev–Trinajstić information content (AvgIpc) is 2.15. The summed E-state index contributed by atoms with van der Waals surface area (Å²) < 4.78 is 0. The number of carboxylic acid groups (broad SMARTS) is 1. The van der Waals surface area contributed by atoms with Crippen molar-refractivity contribution in [2.75, 3.05) is 11.9 Å². The summed E-state index contributed by atoms with van der Waals surface area (Å²) in [6.45, 7) is 0. The second kappa shape index (κ2) is 4.30. The lowest BCUT2D eigenvalue weighted by Crippen LogP contribution is -2.08. The van der Waals surface area contributed by atoms with Crippen molar-refractivity contribution in [3.63, 3.8) is 0 Å². The predicted molar refractivity (Wildman–Crippen MR) is 51.6 cm³/mol. The number of hydrogen-bond donors (Lipinski definition) is 1. The van der Waals surface area contributed by atoms with E-state index in [4.69, 9.17) is 5.11 Å². The molecule has 68 valence electrons. The number of carbonyl (C=O) groups is 1. The molecule has 0 aromatic heterocycles. The largest absolute Gasteiger partial charge is 0.478 e. The van der Waals surface area contributed by atoms with Crippen LogP contribution >= 0.6 is 0 Å². The quantitative estimate of drug-likeness (QED) is 0.714. The minimum Gasteiger partial charge on any atom is -0.478 e. The van der Waals surface area contributed by atoms with Gasteiger partial charge in [0, 0.05) is 25.0 Å². The Morgan fingerprint density at radius 1 is 1.38 bits per heavy atom. The van der Waals surface area contributed by atoms with E-state index in [-0.39, 0.29) is 0 Å². The highest BCUT2D eigenvalue weighted by Crippen LogP contribution is 2.10. The molecule has 1 aromatic carbocycles. The highest BCUT2D eigenvalue weighted by Gasteiger charge is 1.94. The number of carboxylic acids is 1. The maximum Gasteiger partial charge on any atom is 0.329 e. The third-order valence-corrected chi connectivity index (χ3v) is 1.60. The van der Waals surface area contributed by atoms with Crippen LogP contribution in [-0.2, 0) is 4.79 Å². The molecule has 0 bridgehead atoms. The molecule has 3 heteroatoms. The molecule has 1 aromatic rings. The average molecular weight is 177 g/mol. The van der Waals surface area contributed by atoms with Crippen molar-refractivity contribution >= 4 is 11.7 Å². The van der Waals surface area contributed by atoms with Gasteiger partial charge in [-0.15, -0.1) is 0 Å². The predicted octanol–water partition coefficient (Wildman–Crippen LogP) is 1.72. The van der Waals surface area contributed by atoms with Crippen molar-refractivity contribution < 1.29 is 9.90 Å². The Bertz CT molecular complexity index is 306. The molecule has 0 spiro atoms. The molecule has 3 nitrogen and oxygen atoms in total. The van der Waals surface area contributed by atoms with Crippen molar-refractivity contribution in [2.45, 2.75) is 0 Å². The molecule has 0 fully saturated rings. The van der Waals surface area contributed by atoms with Crippen molar-refractivity contribution in [1.29, 1.82) is 0 Å². The monoisotopic (exact) mass is 177 g/mol. The van der Waals surface area contributed by atoms with Crippen LogP contribution in [0.1, 0.15) is 0 Å². The van der Waals surface area contributed by atoms with E-state index in [1.165, 1.54) is 6.20 Å². The summed E-state index contributed by atoms with van der Waals surface area (Å²) in [7, 11) is 1.80. The zero-order chi connectivity index (χ0) is 9.68. The summed E-state index contributed by atoms with van der Waals surface area (Å²) in [6, 6.07) is 9.54. The summed E-state index contributed by atoms with van der Waals surface area (Å²) >= 11 is 0. The number of para-hydroxylation sites is 1. The molecule has 0 amide bonds. The van der Waals surface area contributed by atoms with Gasteiger partial charge in [0.1, 0.15) is 0 Å². The van der Waals surface area contributed by atoms with E-state index in [1.807, 2.05) is 30.3 Å². The van der Waals surface area contributed by atoms with E-state index in [1.54, 1.807) is 11.9 Å². The Kier molecular flexibility index (Phi) is 3.09. The van der Waals surface area contributed by atoms with E-state index in [2.05, 4.69) is 0 Å². The molecule has 0 heterocycles. The summed E-state index contributed by atoms with van der Waals surface area (Å²) in [6.07, 6.45) is 2.62. The number of nitrogens with zero attached hydrogens (tertiary/aromatic N) is 1. The van der Waals surface area contributed by atoms with Crippen LogP contribution in [0.3, 0.4) is 0 Å².